The van der Waals surface area contributed by atoms with E-state index in [1.54, 1.807) is 30.3 Å². The number of hydrogen-bond acceptors (Lipinski definition) is 4. The fourth-order valence-electron chi connectivity index (χ4n) is 2.60. The molecule has 3 rings (SSSR count). The summed E-state index contributed by atoms with van der Waals surface area (Å²) in [6.45, 7) is 1.99. The van der Waals surface area contributed by atoms with Crippen molar-refractivity contribution < 1.29 is 19.1 Å². The number of imide groups is 1. The predicted molar refractivity (Wildman–Crippen MR) is 87.9 cm³/mol. The van der Waals surface area contributed by atoms with Gasteiger partial charge in [0.1, 0.15) is 6.61 Å². The molecule has 0 aromatic heterocycles. The highest BCUT2D eigenvalue weighted by molar-refractivity contribution is 6.31. The molecule has 0 spiro atoms. The summed E-state index contributed by atoms with van der Waals surface area (Å²) in [7, 11) is 0. The summed E-state index contributed by atoms with van der Waals surface area (Å²) in [5, 5.41) is 2.88. The third-order valence-corrected chi connectivity index (χ3v) is 4.23. The maximum Gasteiger partial charge on any atom is 0.310 e. The molecule has 0 fully saturated rings. The van der Waals surface area contributed by atoms with Gasteiger partial charge < -0.3 is 4.74 Å². The minimum Gasteiger partial charge on any atom is -0.461 e. The molecule has 0 saturated heterocycles. The van der Waals surface area contributed by atoms with Crippen LogP contribution in [0.3, 0.4) is 0 Å². The van der Waals surface area contributed by atoms with Crippen molar-refractivity contribution in [1.29, 1.82) is 0 Å². The third-order valence-electron chi connectivity index (χ3n) is 3.81. The first-order chi connectivity index (χ1) is 11.5. The zero-order valence-electron chi connectivity index (χ0n) is 12.9. The molecular formula is C18H14ClNO4. The summed E-state index contributed by atoms with van der Waals surface area (Å²) in [5.74, 6) is -1.39. The first kappa shape index (κ1) is 16.2. The number of aryl methyl sites for hydroxylation is 1. The Labute approximate surface area is 143 Å². The van der Waals surface area contributed by atoms with Crippen molar-refractivity contribution in [3.8, 4) is 0 Å². The molecule has 0 unspecified atom stereocenters. The van der Waals surface area contributed by atoms with Crippen LogP contribution in [0.5, 0.6) is 0 Å². The first-order valence-electron chi connectivity index (χ1n) is 7.34. The van der Waals surface area contributed by atoms with Gasteiger partial charge in [-0.2, -0.15) is 0 Å². The molecule has 2 aromatic carbocycles. The lowest BCUT2D eigenvalue weighted by molar-refractivity contribution is -0.144. The highest BCUT2D eigenvalue weighted by atomic mass is 35.5. The summed E-state index contributed by atoms with van der Waals surface area (Å²) >= 11 is 5.96. The molecule has 2 aromatic rings. The smallest absolute Gasteiger partial charge is 0.310 e. The molecule has 1 heterocycles. The average molecular weight is 344 g/mol. The molecule has 24 heavy (non-hydrogen) atoms. The monoisotopic (exact) mass is 343 g/mol. The fourth-order valence-corrected chi connectivity index (χ4v) is 2.72. The van der Waals surface area contributed by atoms with Gasteiger partial charge in [0.15, 0.2) is 0 Å². The Balaban J connectivity index is 1.69. The van der Waals surface area contributed by atoms with E-state index >= 15 is 0 Å². The van der Waals surface area contributed by atoms with Gasteiger partial charge in [-0.05, 0) is 35.7 Å². The number of hydrogen-bond donors (Lipinski definition) is 1. The van der Waals surface area contributed by atoms with E-state index in [1.165, 1.54) is 0 Å². The second kappa shape index (κ2) is 6.45. The second-order valence-electron chi connectivity index (χ2n) is 5.54. The molecule has 1 N–H and O–H groups in total. The largest absolute Gasteiger partial charge is 0.461 e. The number of amides is 2. The molecule has 0 atom stereocenters. The predicted octanol–water partition coefficient (Wildman–Crippen LogP) is 2.82. The van der Waals surface area contributed by atoms with Gasteiger partial charge in [-0.1, -0.05) is 35.9 Å². The number of carbonyl (C=O) groups is 3. The summed E-state index contributed by atoms with van der Waals surface area (Å²) in [4.78, 5) is 35.5. The normalized spacial score (nSPS) is 12.8. The highest BCUT2D eigenvalue weighted by Crippen LogP contribution is 2.21. The molecule has 0 aliphatic carbocycles. The first-order valence-corrected chi connectivity index (χ1v) is 7.71. The Hall–Kier alpha value is -2.66. The lowest BCUT2D eigenvalue weighted by Gasteiger charge is -2.08. The molecule has 1 aliphatic rings. The summed E-state index contributed by atoms with van der Waals surface area (Å²) in [5.41, 5.74) is 2.76. The van der Waals surface area contributed by atoms with Crippen molar-refractivity contribution in [2.45, 2.75) is 20.0 Å². The van der Waals surface area contributed by atoms with Crippen LogP contribution in [0.25, 0.3) is 0 Å². The minimum absolute atomic E-state index is 0.0730. The van der Waals surface area contributed by atoms with Gasteiger partial charge in [-0.3, -0.25) is 19.7 Å². The maximum atomic E-state index is 12.1. The standard InChI is InChI=1S/C18H14ClNO4/c1-10-7-11(5-6-14(10)19)9-24-15(21)8-12-3-2-4-13-16(12)18(23)20-17(13)22/h2-7H,8-9H2,1H3,(H,20,22,23). The van der Waals surface area contributed by atoms with Gasteiger partial charge in [0.2, 0.25) is 0 Å². The van der Waals surface area contributed by atoms with E-state index in [9.17, 15) is 14.4 Å². The Morgan fingerprint density at radius 1 is 1.17 bits per heavy atom. The van der Waals surface area contributed by atoms with Crippen LogP contribution in [-0.2, 0) is 22.6 Å². The number of halogens is 1. The van der Waals surface area contributed by atoms with Gasteiger partial charge in [-0.25, -0.2) is 0 Å². The van der Waals surface area contributed by atoms with Crippen LogP contribution in [0.2, 0.25) is 5.02 Å². The zero-order valence-corrected chi connectivity index (χ0v) is 13.6. The molecule has 5 nitrogen and oxygen atoms in total. The molecule has 1 aliphatic heterocycles. The summed E-state index contributed by atoms with van der Waals surface area (Å²) < 4.78 is 5.25. The lowest BCUT2D eigenvalue weighted by atomic mass is 10.0. The number of ether oxygens (including phenoxy) is 1. The van der Waals surface area contributed by atoms with E-state index < -0.39 is 17.8 Å². The van der Waals surface area contributed by atoms with Crippen LogP contribution >= 0.6 is 11.6 Å². The number of esters is 1. The van der Waals surface area contributed by atoms with Crippen molar-refractivity contribution in [3.63, 3.8) is 0 Å². The Bertz CT molecular complexity index is 860. The highest BCUT2D eigenvalue weighted by Gasteiger charge is 2.29. The molecule has 0 saturated carbocycles. The van der Waals surface area contributed by atoms with E-state index in [-0.39, 0.29) is 18.6 Å². The van der Waals surface area contributed by atoms with Crippen LogP contribution in [-0.4, -0.2) is 17.8 Å². The minimum atomic E-state index is -0.480. The van der Waals surface area contributed by atoms with Crippen molar-refractivity contribution in [1.82, 2.24) is 5.32 Å². The number of rotatable bonds is 4. The average Bonchev–Trinajstić information content (AvgIpc) is 2.84. The molecular weight excluding hydrogens is 330 g/mol. The van der Waals surface area contributed by atoms with Gasteiger partial charge in [-0.15, -0.1) is 0 Å². The van der Waals surface area contributed by atoms with E-state index in [0.29, 0.717) is 16.1 Å². The van der Waals surface area contributed by atoms with E-state index in [4.69, 9.17) is 16.3 Å². The third kappa shape index (κ3) is 3.16. The Morgan fingerprint density at radius 2 is 1.96 bits per heavy atom. The van der Waals surface area contributed by atoms with Crippen LogP contribution in [0.4, 0.5) is 0 Å². The number of benzene rings is 2. The molecule has 122 valence electrons. The second-order valence-corrected chi connectivity index (χ2v) is 5.95. The van der Waals surface area contributed by atoms with Crippen LogP contribution < -0.4 is 5.32 Å². The molecule has 2 amide bonds. The lowest BCUT2D eigenvalue weighted by Crippen LogP contribution is -2.20. The van der Waals surface area contributed by atoms with Crippen LogP contribution in [0.1, 0.15) is 37.4 Å². The van der Waals surface area contributed by atoms with E-state index in [2.05, 4.69) is 5.32 Å². The van der Waals surface area contributed by atoms with Gasteiger partial charge >= 0.3 is 5.97 Å². The summed E-state index contributed by atoms with van der Waals surface area (Å²) in [6.07, 6.45) is -0.0730. The van der Waals surface area contributed by atoms with Crippen LogP contribution in [0.15, 0.2) is 36.4 Å². The van der Waals surface area contributed by atoms with Gasteiger partial charge in [0.25, 0.3) is 11.8 Å². The van der Waals surface area contributed by atoms with Crippen molar-refractivity contribution in [2.75, 3.05) is 0 Å². The van der Waals surface area contributed by atoms with Gasteiger partial charge in [0, 0.05) is 5.02 Å². The van der Waals surface area contributed by atoms with E-state index in [0.717, 1.165) is 11.1 Å². The fraction of sp³-hybridized carbons (Fsp3) is 0.167. The maximum absolute atomic E-state index is 12.1. The quantitative estimate of drug-likeness (QED) is 0.684. The SMILES string of the molecule is Cc1cc(COC(=O)Cc2cccc3c2C(=O)NC3=O)ccc1Cl. The van der Waals surface area contributed by atoms with Crippen LogP contribution in [0, 0.1) is 6.92 Å². The molecule has 6 heteroatoms. The Morgan fingerprint density at radius 3 is 2.71 bits per heavy atom. The Kier molecular flexibility index (Phi) is 4.36. The van der Waals surface area contributed by atoms with Gasteiger partial charge in [0.05, 0.1) is 17.5 Å². The van der Waals surface area contributed by atoms with E-state index in [1.807, 2.05) is 13.0 Å². The van der Waals surface area contributed by atoms with Crippen molar-refractivity contribution >= 4 is 29.4 Å². The molecule has 0 radical (unpaired) electrons. The number of carbonyl (C=O) groups excluding carboxylic acids is 3. The molecule has 0 bridgehead atoms. The van der Waals surface area contributed by atoms with Crippen molar-refractivity contribution in [3.05, 3.63) is 69.2 Å². The number of nitrogens with one attached hydrogen (secondary N) is 1. The zero-order chi connectivity index (χ0) is 17.3. The summed E-state index contributed by atoms with van der Waals surface area (Å²) in [6, 6.07) is 10.2. The number of fused-ring (bicyclic) bond motifs is 1. The van der Waals surface area contributed by atoms with Crippen molar-refractivity contribution in [2.24, 2.45) is 0 Å². The topological polar surface area (TPSA) is 72.5 Å².